The van der Waals surface area contributed by atoms with Crippen LogP contribution in [0.5, 0.6) is 0 Å². The second kappa shape index (κ2) is 9.03. The molecule has 1 aliphatic heterocycles. The Morgan fingerprint density at radius 2 is 1.21 bits per heavy atom. The van der Waals surface area contributed by atoms with Gasteiger partial charge < -0.3 is 4.74 Å². The van der Waals surface area contributed by atoms with Crippen LogP contribution in [-0.4, -0.2) is 35.6 Å². The molecule has 3 heteroatoms. The number of rotatable bonds is 5. The van der Waals surface area contributed by atoms with Crippen LogP contribution in [0.3, 0.4) is 0 Å². The lowest BCUT2D eigenvalue weighted by molar-refractivity contribution is -0.105. The molecular formula is C31H33NO2. The topological polar surface area (TPSA) is 29.5 Å². The highest BCUT2D eigenvalue weighted by Gasteiger charge is 2.59. The van der Waals surface area contributed by atoms with E-state index in [-0.39, 0.29) is 23.5 Å². The summed E-state index contributed by atoms with van der Waals surface area (Å²) in [5.74, 6) is 0.849. The van der Waals surface area contributed by atoms with Crippen molar-refractivity contribution in [2.45, 2.75) is 55.6 Å². The maximum Gasteiger partial charge on any atom is 0.338 e. The van der Waals surface area contributed by atoms with Gasteiger partial charge >= 0.3 is 5.97 Å². The molecule has 34 heavy (non-hydrogen) atoms. The standard InChI is InChI=1S/C31H33NO2/c33-30(25-16-8-3-9-17-25)34-28-22-31(32-18-10-11-19-32)20-26(23-12-4-1-5-13-23)29(28)27(21-31)24-14-6-2-7-15-24/h1-9,12-17,26-29H,10-11,18-22H2/t26-,27-,28-,29?,31?/m0/s1. The van der Waals surface area contributed by atoms with Crippen LogP contribution in [0.1, 0.15) is 65.4 Å². The van der Waals surface area contributed by atoms with Gasteiger partial charge in [-0.1, -0.05) is 78.9 Å². The maximum atomic E-state index is 13.3. The van der Waals surface area contributed by atoms with E-state index in [4.69, 9.17) is 4.74 Å². The van der Waals surface area contributed by atoms with Crippen molar-refractivity contribution in [1.29, 1.82) is 0 Å². The molecule has 174 valence electrons. The van der Waals surface area contributed by atoms with E-state index >= 15 is 0 Å². The smallest absolute Gasteiger partial charge is 0.338 e. The number of carbonyl (C=O) groups excluding carboxylic acids is 1. The number of hydrogen-bond acceptors (Lipinski definition) is 3. The minimum atomic E-state index is -0.187. The van der Waals surface area contributed by atoms with Crippen molar-refractivity contribution in [3.63, 3.8) is 0 Å². The largest absolute Gasteiger partial charge is 0.458 e. The molecule has 0 radical (unpaired) electrons. The van der Waals surface area contributed by atoms with Gasteiger partial charge in [0, 0.05) is 17.9 Å². The van der Waals surface area contributed by atoms with Crippen molar-refractivity contribution in [2.24, 2.45) is 5.92 Å². The van der Waals surface area contributed by atoms with Crippen molar-refractivity contribution >= 4 is 5.97 Å². The highest BCUT2D eigenvalue weighted by atomic mass is 16.5. The molecule has 3 nitrogen and oxygen atoms in total. The molecule has 1 saturated heterocycles. The summed E-state index contributed by atoms with van der Waals surface area (Å²) in [5, 5.41) is 0. The van der Waals surface area contributed by atoms with Crippen LogP contribution in [0.15, 0.2) is 91.0 Å². The minimum Gasteiger partial charge on any atom is -0.458 e. The molecule has 3 aromatic carbocycles. The third-order valence-corrected chi connectivity index (χ3v) is 8.64. The molecule has 7 rings (SSSR count). The molecule has 0 spiro atoms. The molecule has 0 unspecified atom stereocenters. The average molecular weight is 452 g/mol. The van der Waals surface area contributed by atoms with Gasteiger partial charge in [0.1, 0.15) is 6.10 Å². The number of likely N-dealkylation sites (tertiary alicyclic amines) is 1. The third kappa shape index (κ3) is 3.86. The van der Waals surface area contributed by atoms with Gasteiger partial charge in [-0.05, 0) is 73.9 Å². The first-order valence-corrected chi connectivity index (χ1v) is 12.8. The van der Waals surface area contributed by atoms with Crippen molar-refractivity contribution in [2.75, 3.05) is 13.1 Å². The zero-order valence-corrected chi connectivity index (χ0v) is 19.7. The van der Waals surface area contributed by atoms with Crippen LogP contribution in [0, 0.1) is 5.92 Å². The summed E-state index contributed by atoms with van der Waals surface area (Å²) in [6.45, 7) is 2.32. The van der Waals surface area contributed by atoms with E-state index in [9.17, 15) is 4.79 Å². The summed E-state index contributed by atoms with van der Waals surface area (Å²) in [4.78, 5) is 16.0. The van der Waals surface area contributed by atoms with Crippen molar-refractivity contribution in [3.05, 3.63) is 108 Å². The Morgan fingerprint density at radius 3 is 1.74 bits per heavy atom. The average Bonchev–Trinajstić information content (AvgIpc) is 3.46. The molecule has 3 atom stereocenters. The Labute approximate surface area is 202 Å². The molecule has 0 amide bonds. The summed E-state index contributed by atoms with van der Waals surface area (Å²) in [5.41, 5.74) is 3.49. The molecule has 3 saturated carbocycles. The van der Waals surface area contributed by atoms with Crippen molar-refractivity contribution < 1.29 is 9.53 Å². The SMILES string of the molecule is O=C(O[C@H]1CC2(N3CCCC3)C[C@@H](c3ccccc3)C1[C@H](c1ccccc1)C2)c1ccccc1. The Bertz CT molecular complexity index is 1060. The zero-order chi connectivity index (χ0) is 23.0. The number of ether oxygens (including phenoxy) is 1. The third-order valence-electron chi connectivity index (χ3n) is 8.64. The van der Waals surface area contributed by atoms with Crippen LogP contribution in [0.2, 0.25) is 0 Å². The van der Waals surface area contributed by atoms with E-state index < -0.39 is 0 Å². The second-order valence-electron chi connectivity index (χ2n) is 10.5. The molecular weight excluding hydrogens is 418 g/mol. The van der Waals surface area contributed by atoms with Gasteiger partial charge in [0.25, 0.3) is 0 Å². The molecule has 2 bridgehead atoms. The van der Waals surface area contributed by atoms with E-state index in [1.807, 2.05) is 30.3 Å². The molecule has 4 fully saturated rings. The molecule has 0 N–H and O–H groups in total. The van der Waals surface area contributed by atoms with E-state index in [1.165, 1.54) is 24.0 Å². The van der Waals surface area contributed by atoms with Gasteiger partial charge in [0.2, 0.25) is 0 Å². The van der Waals surface area contributed by atoms with Crippen LogP contribution in [0.25, 0.3) is 0 Å². The summed E-state index contributed by atoms with van der Waals surface area (Å²) in [6, 6.07) is 31.4. The summed E-state index contributed by atoms with van der Waals surface area (Å²) < 4.78 is 6.43. The fourth-order valence-corrected chi connectivity index (χ4v) is 7.21. The van der Waals surface area contributed by atoms with Crippen LogP contribution in [0.4, 0.5) is 0 Å². The lowest BCUT2D eigenvalue weighted by Crippen LogP contribution is -2.62. The van der Waals surface area contributed by atoms with Crippen molar-refractivity contribution in [3.8, 4) is 0 Å². The lowest BCUT2D eigenvalue weighted by atomic mass is 9.51. The fraction of sp³-hybridized carbons (Fsp3) is 0.387. The van der Waals surface area contributed by atoms with E-state index in [0.29, 0.717) is 17.4 Å². The molecule has 0 aromatic heterocycles. The predicted octanol–water partition coefficient (Wildman–Crippen LogP) is 6.43. The number of fused-ring (bicyclic) bond motifs is 3. The number of esters is 1. The number of carbonyl (C=O) groups is 1. The Hall–Kier alpha value is -2.91. The van der Waals surface area contributed by atoms with Crippen LogP contribution < -0.4 is 0 Å². The van der Waals surface area contributed by atoms with Crippen LogP contribution >= 0.6 is 0 Å². The van der Waals surface area contributed by atoms with Gasteiger partial charge in [0.15, 0.2) is 0 Å². The summed E-state index contributed by atoms with van der Waals surface area (Å²) in [6.07, 6.45) is 5.71. The second-order valence-corrected chi connectivity index (χ2v) is 10.5. The highest BCUT2D eigenvalue weighted by Crippen LogP contribution is 2.61. The number of nitrogens with zero attached hydrogens (tertiary/aromatic N) is 1. The first-order chi connectivity index (χ1) is 16.7. The summed E-state index contributed by atoms with van der Waals surface area (Å²) >= 11 is 0. The Balaban J connectivity index is 1.43. The normalized spacial score (nSPS) is 30.8. The Kier molecular flexibility index (Phi) is 5.74. The van der Waals surface area contributed by atoms with Crippen molar-refractivity contribution in [1.82, 2.24) is 4.90 Å². The first kappa shape index (κ1) is 21.6. The molecule has 1 heterocycles. The first-order valence-electron chi connectivity index (χ1n) is 12.8. The van der Waals surface area contributed by atoms with Gasteiger partial charge in [-0.25, -0.2) is 4.79 Å². The van der Waals surface area contributed by atoms with E-state index in [2.05, 4.69) is 65.6 Å². The van der Waals surface area contributed by atoms with Gasteiger partial charge in [0.05, 0.1) is 5.56 Å². The van der Waals surface area contributed by atoms with Gasteiger partial charge in [-0.3, -0.25) is 4.90 Å². The lowest BCUT2D eigenvalue weighted by Gasteiger charge is -2.61. The van der Waals surface area contributed by atoms with Gasteiger partial charge in [-0.15, -0.1) is 0 Å². The quantitative estimate of drug-likeness (QED) is 0.419. The number of hydrogen-bond donors (Lipinski definition) is 0. The number of benzene rings is 3. The summed E-state index contributed by atoms with van der Waals surface area (Å²) in [7, 11) is 0. The molecule has 3 aliphatic carbocycles. The molecule has 3 aromatic rings. The zero-order valence-electron chi connectivity index (χ0n) is 19.7. The minimum absolute atomic E-state index is 0.0773. The Morgan fingerprint density at radius 1 is 0.706 bits per heavy atom. The van der Waals surface area contributed by atoms with Crippen LogP contribution in [-0.2, 0) is 4.74 Å². The van der Waals surface area contributed by atoms with E-state index in [0.717, 1.165) is 32.4 Å². The molecule has 4 aliphatic rings. The van der Waals surface area contributed by atoms with E-state index in [1.54, 1.807) is 0 Å². The fourth-order valence-electron chi connectivity index (χ4n) is 7.21. The highest BCUT2D eigenvalue weighted by molar-refractivity contribution is 5.89. The predicted molar refractivity (Wildman–Crippen MR) is 135 cm³/mol. The van der Waals surface area contributed by atoms with Gasteiger partial charge in [-0.2, -0.15) is 0 Å². The monoisotopic (exact) mass is 451 g/mol. The maximum absolute atomic E-state index is 13.3.